The Morgan fingerprint density at radius 2 is 1.67 bits per heavy atom. The summed E-state index contributed by atoms with van der Waals surface area (Å²) in [6.07, 6.45) is 2.96. The van der Waals surface area contributed by atoms with E-state index in [2.05, 4.69) is 4.98 Å². The number of hydrogen-bond donors (Lipinski definition) is 1. The number of oxazole rings is 1. The highest BCUT2D eigenvalue weighted by atomic mass is 16.5. The van der Waals surface area contributed by atoms with Gasteiger partial charge in [0.15, 0.2) is 5.58 Å². The van der Waals surface area contributed by atoms with Crippen LogP contribution < -0.4 is 10.5 Å². The summed E-state index contributed by atoms with van der Waals surface area (Å²) in [6.45, 7) is 0. The van der Waals surface area contributed by atoms with Gasteiger partial charge in [0.25, 0.3) is 0 Å². The summed E-state index contributed by atoms with van der Waals surface area (Å²) in [7, 11) is 0. The van der Waals surface area contributed by atoms with Gasteiger partial charge >= 0.3 is 6.09 Å². The normalized spacial score (nSPS) is 11.1. The van der Waals surface area contributed by atoms with Gasteiger partial charge in [0.2, 0.25) is 5.89 Å². The molecule has 4 rings (SSSR count). The smallest absolute Gasteiger partial charge is 0.409 e. The van der Waals surface area contributed by atoms with Gasteiger partial charge in [0.1, 0.15) is 11.3 Å². The molecule has 0 radical (unpaired) electrons. The van der Waals surface area contributed by atoms with Crippen LogP contribution in [0.3, 0.4) is 0 Å². The second-order valence-corrected chi connectivity index (χ2v) is 5.90. The number of nitrogens with two attached hydrogens (primary N) is 1. The number of fused-ring (bicyclic) bond motifs is 1. The van der Waals surface area contributed by atoms with E-state index in [0.29, 0.717) is 11.6 Å². The lowest BCUT2D eigenvalue weighted by atomic mass is 10.1. The first-order valence-corrected chi connectivity index (χ1v) is 8.39. The molecule has 4 aromatic rings. The van der Waals surface area contributed by atoms with Crippen molar-refractivity contribution in [2.24, 2.45) is 5.73 Å². The van der Waals surface area contributed by atoms with Gasteiger partial charge in [-0.3, -0.25) is 0 Å². The van der Waals surface area contributed by atoms with Crippen LogP contribution in [0.5, 0.6) is 5.75 Å². The molecule has 1 heterocycles. The number of aromatic nitrogens is 1. The van der Waals surface area contributed by atoms with Crippen molar-refractivity contribution >= 4 is 29.3 Å². The van der Waals surface area contributed by atoms with Gasteiger partial charge in [0, 0.05) is 11.1 Å². The van der Waals surface area contributed by atoms with Gasteiger partial charge in [-0.1, -0.05) is 54.6 Å². The molecule has 0 bridgehead atoms. The standard InChI is InChI=1S/C22H16N2O3/c23-22(25)27-19-7-3-1-5-16(19)12-9-15-10-13-17(14-11-15)21-24-18-6-2-4-8-20(18)26-21/h1-14H,(H2,23,25). The molecule has 5 nitrogen and oxygen atoms in total. The van der Waals surface area contributed by atoms with Gasteiger partial charge < -0.3 is 14.9 Å². The van der Waals surface area contributed by atoms with Gasteiger partial charge in [-0.25, -0.2) is 9.78 Å². The minimum atomic E-state index is -0.835. The molecule has 0 atom stereocenters. The van der Waals surface area contributed by atoms with Crippen LogP contribution >= 0.6 is 0 Å². The Morgan fingerprint density at radius 3 is 2.44 bits per heavy atom. The van der Waals surface area contributed by atoms with Crippen molar-refractivity contribution in [2.45, 2.75) is 0 Å². The van der Waals surface area contributed by atoms with Crippen LogP contribution in [-0.2, 0) is 0 Å². The van der Waals surface area contributed by atoms with E-state index in [4.69, 9.17) is 14.9 Å². The van der Waals surface area contributed by atoms with Crippen LogP contribution in [0, 0.1) is 0 Å². The fourth-order valence-electron chi connectivity index (χ4n) is 2.74. The summed E-state index contributed by atoms with van der Waals surface area (Å²) in [5.41, 5.74) is 9.36. The molecule has 0 aliphatic rings. The minimum Gasteiger partial charge on any atom is -0.436 e. The molecule has 132 valence electrons. The van der Waals surface area contributed by atoms with Crippen molar-refractivity contribution in [1.82, 2.24) is 4.98 Å². The van der Waals surface area contributed by atoms with E-state index in [0.717, 1.165) is 27.8 Å². The van der Waals surface area contributed by atoms with Crippen LogP contribution in [0.1, 0.15) is 11.1 Å². The topological polar surface area (TPSA) is 78.4 Å². The van der Waals surface area contributed by atoms with E-state index >= 15 is 0 Å². The molecule has 27 heavy (non-hydrogen) atoms. The molecule has 1 amide bonds. The van der Waals surface area contributed by atoms with Crippen LogP contribution in [-0.4, -0.2) is 11.1 Å². The van der Waals surface area contributed by atoms with E-state index < -0.39 is 6.09 Å². The zero-order valence-electron chi connectivity index (χ0n) is 14.3. The van der Waals surface area contributed by atoms with Gasteiger partial charge in [-0.05, 0) is 35.9 Å². The van der Waals surface area contributed by atoms with E-state index in [1.807, 2.05) is 72.8 Å². The Hall–Kier alpha value is -3.86. The SMILES string of the molecule is NC(=O)Oc1ccccc1C=Cc1ccc(-c2nc3ccccc3o2)cc1. The molecule has 0 saturated carbocycles. The number of benzene rings is 3. The first-order chi connectivity index (χ1) is 13.2. The monoisotopic (exact) mass is 356 g/mol. The second kappa shape index (κ2) is 7.17. The zero-order chi connectivity index (χ0) is 18.6. The van der Waals surface area contributed by atoms with Crippen molar-refractivity contribution in [2.75, 3.05) is 0 Å². The number of primary amides is 1. The molecule has 0 aliphatic carbocycles. The molecule has 0 aliphatic heterocycles. The number of carbonyl (C=O) groups is 1. The highest BCUT2D eigenvalue weighted by molar-refractivity contribution is 5.78. The first-order valence-electron chi connectivity index (χ1n) is 8.39. The minimum absolute atomic E-state index is 0.421. The summed E-state index contributed by atoms with van der Waals surface area (Å²) in [5, 5.41) is 0. The Labute approximate surface area is 155 Å². The molecule has 1 aromatic heterocycles. The molecule has 0 saturated heterocycles. The third-order valence-corrected chi connectivity index (χ3v) is 4.04. The summed E-state index contributed by atoms with van der Waals surface area (Å²) in [6, 6.07) is 22.7. The van der Waals surface area contributed by atoms with Crippen molar-refractivity contribution in [3.05, 3.63) is 83.9 Å². The zero-order valence-corrected chi connectivity index (χ0v) is 14.3. The molecule has 0 unspecified atom stereocenters. The largest absolute Gasteiger partial charge is 0.436 e. The summed E-state index contributed by atoms with van der Waals surface area (Å²) in [4.78, 5) is 15.5. The van der Waals surface area contributed by atoms with Gasteiger partial charge in [-0.15, -0.1) is 0 Å². The number of nitrogens with zero attached hydrogens (tertiary/aromatic N) is 1. The molecular weight excluding hydrogens is 340 g/mol. The number of carbonyl (C=O) groups excluding carboxylic acids is 1. The van der Waals surface area contributed by atoms with Gasteiger partial charge in [-0.2, -0.15) is 0 Å². The summed E-state index contributed by atoms with van der Waals surface area (Å²) >= 11 is 0. The third kappa shape index (κ3) is 3.72. The Kier molecular flexibility index (Phi) is 4.41. The Balaban J connectivity index is 1.56. The summed E-state index contributed by atoms with van der Waals surface area (Å²) in [5.74, 6) is 1.01. The van der Waals surface area contributed by atoms with Crippen molar-refractivity contribution in [1.29, 1.82) is 0 Å². The molecule has 5 heteroatoms. The fourth-order valence-corrected chi connectivity index (χ4v) is 2.74. The molecule has 0 spiro atoms. The Morgan fingerprint density at radius 1 is 0.926 bits per heavy atom. The van der Waals surface area contributed by atoms with Crippen LogP contribution in [0.25, 0.3) is 34.7 Å². The maximum absolute atomic E-state index is 11.0. The average molecular weight is 356 g/mol. The lowest BCUT2D eigenvalue weighted by molar-refractivity contribution is 0.211. The lowest BCUT2D eigenvalue weighted by Crippen LogP contribution is -2.16. The average Bonchev–Trinajstić information content (AvgIpc) is 3.11. The Bertz CT molecular complexity index is 1090. The number of amides is 1. The third-order valence-electron chi connectivity index (χ3n) is 4.04. The van der Waals surface area contributed by atoms with Crippen LogP contribution in [0.15, 0.2) is 77.2 Å². The van der Waals surface area contributed by atoms with Crippen molar-refractivity contribution in [3.8, 4) is 17.2 Å². The number of para-hydroxylation sites is 3. The van der Waals surface area contributed by atoms with E-state index in [1.165, 1.54) is 0 Å². The van der Waals surface area contributed by atoms with Gasteiger partial charge in [0.05, 0.1) is 0 Å². The summed E-state index contributed by atoms with van der Waals surface area (Å²) < 4.78 is 10.8. The van der Waals surface area contributed by atoms with E-state index in [1.54, 1.807) is 12.1 Å². The number of ether oxygens (including phenoxy) is 1. The maximum Gasteiger partial charge on any atom is 0.409 e. The van der Waals surface area contributed by atoms with Crippen LogP contribution in [0.4, 0.5) is 4.79 Å². The molecule has 0 fully saturated rings. The fraction of sp³-hybridized carbons (Fsp3) is 0. The predicted octanol–water partition coefficient (Wildman–Crippen LogP) is 5.12. The lowest BCUT2D eigenvalue weighted by Gasteiger charge is -2.04. The second-order valence-electron chi connectivity index (χ2n) is 5.90. The predicted molar refractivity (Wildman–Crippen MR) is 105 cm³/mol. The van der Waals surface area contributed by atoms with E-state index in [9.17, 15) is 4.79 Å². The molecular formula is C22H16N2O3. The highest BCUT2D eigenvalue weighted by Gasteiger charge is 2.07. The number of rotatable bonds is 4. The van der Waals surface area contributed by atoms with Crippen molar-refractivity contribution in [3.63, 3.8) is 0 Å². The quantitative estimate of drug-likeness (QED) is 0.515. The van der Waals surface area contributed by atoms with Crippen LogP contribution in [0.2, 0.25) is 0 Å². The van der Waals surface area contributed by atoms with E-state index in [-0.39, 0.29) is 0 Å². The van der Waals surface area contributed by atoms with Crippen molar-refractivity contribution < 1.29 is 13.9 Å². The molecule has 2 N–H and O–H groups in total. The first kappa shape index (κ1) is 16.6. The number of hydrogen-bond acceptors (Lipinski definition) is 4. The molecule has 3 aromatic carbocycles. The maximum atomic E-state index is 11.0. The highest BCUT2D eigenvalue weighted by Crippen LogP contribution is 2.25.